The van der Waals surface area contributed by atoms with E-state index in [2.05, 4.69) is 0 Å². The van der Waals surface area contributed by atoms with Crippen molar-refractivity contribution in [3.05, 3.63) is 0 Å². The van der Waals surface area contributed by atoms with Gasteiger partial charge in [0, 0.05) is 13.3 Å². The van der Waals surface area contributed by atoms with Gasteiger partial charge in [-0.05, 0) is 26.2 Å². The van der Waals surface area contributed by atoms with Gasteiger partial charge in [0.25, 0.3) is 0 Å². The maximum atomic E-state index is 10.4. The number of carbonyl (C=O) groups excluding carboxylic acids is 1. The lowest BCUT2D eigenvalue weighted by atomic mass is 10.1. The van der Waals surface area contributed by atoms with Crippen molar-refractivity contribution in [2.45, 2.75) is 51.7 Å². The number of rotatable bonds is 7. The van der Waals surface area contributed by atoms with E-state index < -0.39 is 6.10 Å². The number of aliphatic hydroxyl groups excluding tert-OH is 2. The fourth-order valence-electron chi connectivity index (χ4n) is 1.13. The predicted octanol–water partition coefficient (Wildman–Crippen LogP) is 0.852. The van der Waals surface area contributed by atoms with E-state index in [0.717, 1.165) is 6.42 Å². The minimum Gasteiger partial charge on any atom is -0.466 e. The number of aliphatic hydroxyl groups is 2. The third kappa shape index (κ3) is 9.48. The Morgan fingerprint density at radius 3 is 2.43 bits per heavy atom. The average molecular weight is 204 g/mol. The fourth-order valence-corrected chi connectivity index (χ4v) is 1.13. The second-order valence-electron chi connectivity index (χ2n) is 3.56. The molecule has 4 heteroatoms. The van der Waals surface area contributed by atoms with Gasteiger partial charge in [-0.1, -0.05) is 0 Å². The number of ether oxygens (including phenoxy) is 1. The van der Waals surface area contributed by atoms with E-state index >= 15 is 0 Å². The van der Waals surface area contributed by atoms with Crippen molar-refractivity contribution in [3.8, 4) is 0 Å². The maximum Gasteiger partial charge on any atom is 0.302 e. The molecule has 0 spiro atoms. The molecule has 0 radical (unpaired) electrons. The molecule has 0 rings (SSSR count). The molecule has 14 heavy (non-hydrogen) atoms. The van der Waals surface area contributed by atoms with Crippen molar-refractivity contribution < 1.29 is 19.7 Å². The summed E-state index contributed by atoms with van der Waals surface area (Å²) in [5.74, 6) is -0.318. The van der Waals surface area contributed by atoms with E-state index in [1.54, 1.807) is 6.92 Å². The number of esters is 1. The Kier molecular flexibility index (Phi) is 7.42. The van der Waals surface area contributed by atoms with Gasteiger partial charge < -0.3 is 14.9 Å². The quantitative estimate of drug-likeness (QED) is 0.603. The Hall–Kier alpha value is -0.610. The molecule has 2 unspecified atom stereocenters. The van der Waals surface area contributed by atoms with Crippen LogP contribution >= 0.6 is 0 Å². The SMILES string of the molecule is CC(=O)OCCC(O)CCCC(C)O. The van der Waals surface area contributed by atoms with Crippen molar-refractivity contribution >= 4 is 5.97 Å². The van der Waals surface area contributed by atoms with Crippen LogP contribution in [0.25, 0.3) is 0 Å². The van der Waals surface area contributed by atoms with Crippen LogP contribution in [0.4, 0.5) is 0 Å². The van der Waals surface area contributed by atoms with Gasteiger partial charge in [-0.15, -0.1) is 0 Å². The predicted molar refractivity (Wildman–Crippen MR) is 52.8 cm³/mol. The topological polar surface area (TPSA) is 66.8 Å². The van der Waals surface area contributed by atoms with Crippen LogP contribution in [0.3, 0.4) is 0 Å². The highest BCUT2D eigenvalue weighted by molar-refractivity contribution is 5.65. The zero-order valence-corrected chi connectivity index (χ0v) is 8.90. The number of hydrogen-bond donors (Lipinski definition) is 2. The first-order valence-corrected chi connectivity index (χ1v) is 5.02. The monoisotopic (exact) mass is 204 g/mol. The second-order valence-corrected chi connectivity index (χ2v) is 3.56. The highest BCUT2D eigenvalue weighted by Gasteiger charge is 2.05. The van der Waals surface area contributed by atoms with Gasteiger partial charge in [0.2, 0.25) is 0 Å². The molecule has 0 aliphatic heterocycles. The summed E-state index contributed by atoms with van der Waals surface area (Å²) in [5, 5.41) is 18.4. The standard InChI is InChI=1S/C10H20O4/c1-8(11)4-3-5-10(13)6-7-14-9(2)12/h8,10-11,13H,3-7H2,1-2H3. The molecule has 0 aromatic rings. The van der Waals surface area contributed by atoms with E-state index in [0.29, 0.717) is 19.3 Å². The Morgan fingerprint density at radius 1 is 1.29 bits per heavy atom. The molecule has 84 valence electrons. The minimum atomic E-state index is -0.437. The highest BCUT2D eigenvalue weighted by Crippen LogP contribution is 2.06. The molecule has 0 aromatic carbocycles. The van der Waals surface area contributed by atoms with Crippen LogP contribution in [0.15, 0.2) is 0 Å². The normalized spacial score (nSPS) is 14.9. The summed E-state index contributed by atoms with van der Waals surface area (Å²) in [4.78, 5) is 10.4. The lowest BCUT2D eigenvalue weighted by Gasteiger charge is -2.10. The smallest absolute Gasteiger partial charge is 0.302 e. The van der Waals surface area contributed by atoms with Crippen LogP contribution in [-0.2, 0) is 9.53 Å². The van der Waals surface area contributed by atoms with Crippen molar-refractivity contribution in [1.29, 1.82) is 0 Å². The van der Waals surface area contributed by atoms with Crippen LogP contribution in [0.1, 0.15) is 39.5 Å². The zero-order chi connectivity index (χ0) is 11.0. The molecule has 0 amide bonds. The average Bonchev–Trinajstić information content (AvgIpc) is 2.02. The summed E-state index contributed by atoms with van der Waals surface area (Å²) in [6.07, 6.45) is 1.86. The van der Waals surface area contributed by atoms with Gasteiger partial charge in [0.1, 0.15) is 0 Å². The number of carbonyl (C=O) groups is 1. The molecule has 0 heterocycles. The molecular weight excluding hydrogens is 184 g/mol. The van der Waals surface area contributed by atoms with E-state index in [9.17, 15) is 9.90 Å². The van der Waals surface area contributed by atoms with Gasteiger partial charge in [-0.2, -0.15) is 0 Å². The molecular formula is C10H20O4. The van der Waals surface area contributed by atoms with Crippen LogP contribution in [0.2, 0.25) is 0 Å². The van der Waals surface area contributed by atoms with Crippen molar-refractivity contribution in [1.82, 2.24) is 0 Å². The van der Waals surface area contributed by atoms with E-state index in [1.165, 1.54) is 6.92 Å². The summed E-state index contributed by atoms with van der Waals surface area (Å²) in [7, 11) is 0. The Bertz CT molecular complexity index is 156. The molecule has 2 atom stereocenters. The molecule has 0 saturated heterocycles. The largest absolute Gasteiger partial charge is 0.466 e. The van der Waals surface area contributed by atoms with E-state index in [1.807, 2.05) is 0 Å². The maximum absolute atomic E-state index is 10.4. The van der Waals surface area contributed by atoms with E-state index in [4.69, 9.17) is 9.84 Å². The summed E-state index contributed by atoms with van der Waals surface area (Å²) in [6, 6.07) is 0. The van der Waals surface area contributed by atoms with Crippen molar-refractivity contribution in [2.75, 3.05) is 6.61 Å². The second kappa shape index (κ2) is 7.76. The summed E-state index contributed by atoms with van der Waals surface area (Å²) in [5.41, 5.74) is 0. The minimum absolute atomic E-state index is 0.269. The third-order valence-corrected chi connectivity index (χ3v) is 1.92. The third-order valence-electron chi connectivity index (χ3n) is 1.92. The van der Waals surface area contributed by atoms with Crippen LogP contribution in [-0.4, -0.2) is 35.0 Å². The molecule has 0 bridgehead atoms. The van der Waals surface area contributed by atoms with Crippen molar-refractivity contribution in [3.63, 3.8) is 0 Å². The lowest BCUT2D eigenvalue weighted by Crippen LogP contribution is -2.13. The van der Waals surface area contributed by atoms with Gasteiger partial charge in [-0.25, -0.2) is 0 Å². The first-order valence-electron chi connectivity index (χ1n) is 5.02. The van der Waals surface area contributed by atoms with Crippen LogP contribution in [0, 0.1) is 0 Å². The van der Waals surface area contributed by atoms with Crippen LogP contribution in [0.5, 0.6) is 0 Å². The molecule has 0 aliphatic rings. The van der Waals surface area contributed by atoms with Crippen LogP contribution < -0.4 is 0 Å². The van der Waals surface area contributed by atoms with Crippen molar-refractivity contribution in [2.24, 2.45) is 0 Å². The fraction of sp³-hybridized carbons (Fsp3) is 0.900. The summed E-state index contributed by atoms with van der Waals surface area (Å²) < 4.78 is 4.69. The Balaban J connectivity index is 3.27. The van der Waals surface area contributed by atoms with Gasteiger partial charge in [0.15, 0.2) is 0 Å². The highest BCUT2D eigenvalue weighted by atomic mass is 16.5. The first-order chi connectivity index (χ1) is 6.52. The molecule has 0 aromatic heterocycles. The summed E-state index contributed by atoms with van der Waals surface area (Å²) in [6.45, 7) is 3.34. The molecule has 0 saturated carbocycles. The van der Waals surface area contributed by atoms with Gasteiger partial charge in [-0.3, -0.25) is 4.79 Å². The van der Waals surface area contributed by atoms with Gasteiger partial charge >= 0.3 is 5.97 Å². The molecule has 0 fully saturated rings. The summed E-state index contributed by atoms with van der Waals surface area (Å²) >= 11 is 0. The molecule has 0 aliphatic carbocycles. The molecule has 2 N–H and O–H groups in total. The lowest BCUT2D eigenvalue weighted by molar-refractivity contribution is -0.141. The first kappa shape index (κ1) is 13.4. The number of hydrogen-bond acceptors (Lipinski definition) is 4. The van der Waals surface area contributed by atoms with Gasteiger partial charge in [0.05, 0.1) is 18.8 Å². The molecule has 4 nitrogen and oxygen atoms in total. The Labute approximate surface area is 84.9 Å². The Morgan fingerprint density at radius 2 is 1.93 bits per heavy atom. The zero-order valence-electron chi connectivity index (χ0n) is 8.90. The van der Waals surface area contributed by atoms with E-state index in [-0.39, 0.29) is 18.7 Å².